The summed E-state index contributed by atoms with van der Waals surface area (Å²) in [6, 6.07) is 21.7. The monoisotopic (exact) mass is 652 g/mol. The van der Waals surface area contributed by atoms with E-state index in [0.29, 0.717) is 6.42 Å². The third kappa shape index (κ3) is 13.8. The number of carbonyl (C=O) groups excluding carboxylic acids is 1. The molecule has 2 atom stereocenters. The Morgan fingerprint density at radius 2 is 1.22 bits per heavy atom. The first-order valence-corrected chi connectivity index (χ1v) is 19.8. The number of ether oxygens (including phenoxy) is 3. The number of hydrogen-bond donors (Lipinski definition) is 0. The van der Waals surface area contributed by atoms with E-state index in [4.69, 9.17) is 18.6 Å². The van der Waals surface area contributed by atoms with E-state index in [9.17, 15) is 4.79 Å². The lowest BCUT2D eigenvalue weighted by atomic mass is 10.0. The Labute approximate surface area is 282 Å². The van der Waals surface area contributed by atoms with Gasteiger partial charge in [-0.05, 0) is 34.7 Å². The second kappa shape index (κ2) is 23.1. The fourth-order valence-electron chi connectivity index (χ4n) is 6.47. The number of unbranched alkanes of at least 4 members (excludes halogenated alkanes) is 11. The molecule has 0 bridgehead atoms. The molecule has 46 heavy (non-hydrogen) atoms. The van der Waals surface area contributed by atoms with Crippen molar-refractivity contribution in [1.82, 2.24) is 0 Å². The van der Waals surface area contributed by atoms with Gasteiger partial charge in [0.2, 0.25) is 0 Å². The molecule has 0 saturated carbocycles. The minimum Gasteiger partial charge on any atom is -0.466 e. The van der Waals surface area contributed by atoms with E-state index in [1.54, 1.807) is 7.11 Å². The van der Waals surface area contributed by atoms with Gasteiger partial charge in [-0.3, -0.25) is 0 Å². The van der Waals surface area contributed by atoms with Crippen LogP contribution in [-0.2, 0) is 23.4 Å². The highest BCUT2D eigenvalue weighted by Gasteiger charge is 2.52. The summed E-state index contributed by atoms with van der Waals surface area (Å²) in [5.74, 6) is -0.342. The molecule has 0 radical (unpaired) electrons. The standard InChI is InChI=1S/C40H64O5Si/c1-7-8-9-10-11-12-13-14-15-16-17-24-32-38(37(44-34-42-5)31-25-26-33-39(41)43-6)45-46(40(2,3)4,35-27-20-18-21-28-35)36-29-22-19-23-30-36/h18-23,26-30,33,37-38H,7-17,24-25,31-32,34H2,1-6H3/b33-26+/t37-,38-/m1/s1. The number of allylic oxidation sites excluding steroid dienone is 1. The predicted molar refractivity (Wildman–Crippen MR) is 195 cm³/mol. The van der Waals surface area contributed by atoms with Crippen LogP contribution in [0.3, 0.4) is 0 Å². The number of carbonyl (C=O) groups is 1. The zero-order valence-electron chi connectivity index (χ0n) is 29.9. The molecule has 0 aliphatic carbocycles. The van der Waals surface area contributed by atoms with Crippen LogP contribution >= 0.6 is 0 Å². The Hall–Kier alpha value is -2.25. The van der Waals surface area contributed by atoms with Gasteiger partial charge in [-0.15, -0.1) is 0 Å². The van der Waals surface area contributed by atoms with Crippen molar-refractivity contribution in [3.63, 3.8) is 0 Å². The predicted octanol–water partition coefficient (Wildman–Crippen LogP) is 9.52. The van der Waals surface area contributed by atoms with Gasteiger partial charge in [0, 0.05) is 13.2 Å². The normalized spacial score (nSPS) is 13.6. The molecule has 0 aliphatic rings. The molecule has 0 fully saturated rings. The molecule has 0 heterocycles. The highest BCUT2D eigenvalue weighted by molar-refractivity contribution is 6.99. The van der Waals surface area contributed by atoms with Crippen LogP contribution < -0.4 is 10.4 Å². The molecule has 0 saturated heterocycles. The van der Waals surface area contributed by atoms with Gasteiger partial charge in [0.1, 0.15) is 6.79 Å². The van der Waals surface area contributed by atoms with E-state index in [1.807, 2.05) is 6.08 Å². The topological polar surface area (TPSA) is 54.0 Å². The fraction of sp³-hybridized carbons (Fsp3) is 0.625. The fourth-order valence-corrected chi connectivity index (χ4v) is 11.2. The van der Waals surface area contributed by atoms with Crippen molar-refractivity contribution in [2.45, 2.75) is 141 Å². The number of benzene rings is 2. The van der Waals surface area contributed by atoms with Gasteiger partial charge in [-0.2, -0.15) is 0 Å². The maximum atomic E-state index is 11.7. The van der Waals surface area contributed by atoms with Crippen LogP contribution in [0.25, 0.3) is 0 Å². The summed E-state index contributed by atoms with van der Waals surface area (Å²) >= 11 is 0. The van der Waals surface area contributed by atoms with Crippen LogP contribution in [0.1, 0.15) is 124 Å². The van der Waals surface area contributed by atoms with E-state index < -0.39 is 8.32 Å². The highest BCUT2D eigenvalue weighted by atomic mass is 28.4. The van der Waals surface area contributed by atoms with Gasteiger partial charge < -0.3 is 18.6 Å². The number of methoxy groups -OCH3 is 2. The van der Waals surface area contributed by atoms with Crippen LogP contribution in [0.5, 0.6) is 0 Å². The quantitative estimate of drug-likeness (QED) is 0.0352. The van der Waals surface area contributed by atoms with E-state index >= 15 is 0 Å². The summed E-state index contributed by atoms with van der Waals surface area (Å²) in [6.07, 6.45) is 21.2. The van der Waals surface area contributed by atoms with Gasteiger partial charge in [0.15, 0.2) is 0 Å². The molecular weight excluding hydrogens is 589 g/mol. The van der Waals surface area contributed by atoms with Gasteiger partial charge >= 0.3 is 5.97 Å². The van der Waals surface area contributed by atoms with Crippen LogP contribution in [0.15, 0.2) is 72.8 Å². The Kier molecular flexibility index (Phi) is 20.1. The van der Waals surface area contributed by atoms with Crippen molar-refractivity contribution in [1.29, 1.82) is 0 Å². The summed E-state index contributed by atoms with van der Waals surface area (Å²) in [6.45, 7) is 9.45. The maximum absolute atomic E-state index is 11.7. The summed E-state index contributed by atoms with van der Waals surface area (Å²) in [5.41, 5.74) is 0. The summed E-state index contributed by atoms with van der Waals surface area (Å²) < 4.78 is 24.3. The van der Waals surface area contributed by atoms with Crippen molar-refractivity contribution in [3.8, 4) is 0 Å². The van der Waals surface area contributed by atoms with Crippen LogP contribution in [0.2, 0.25) is 5.04 Å². The summed E-state index contributed by atoms with van der Waals surface area (Å²) in [4.78, 5) is 11.7. The van der Waals surface area contributed by atoms with Gasteiger partial charge in [-0.1, -0.05) is 171 Å². The van der Waals surface area contributed by atoms with Crippen molar-refractivity contribution >= 4 is 24.7 Å². The van der Waals surface area contributed by atoms with Crippen molar-refractivity contribution < 1.29 is 23.4 Å². The molecule has 0 spiro atoms. The number of hydrogen-bond acceptors (Lipinski definition) is 5. The number of esters is 1. The molecule has 2 aromatic carbocycles. The second-order valence-corrected chi connectivity index (χ2v) is 17.9. The molecule has 2 aromatic rings. The lowest BCUT2D eigenvalue weighted by molar-refractivity contribution is -0.134. The van der Waals surface area contributed by atoms with Crippen LogP contribution in [-0.4, -0.2) is 47.5 Å². The molecule has 5 nitrogen and oxygen atoms in total. The summed E-state index contributed by atoms with van der Waals surface area (Å²) in [7, 11) is 0.265. The first-order chi connectivity index (χ1) is 22.3. The Morgan fingerprint density at radius 3 is 1.67 bits per heavy atom. The molecule has 0 amide bonds. The van der Waals surface area contributed by atoms with E-state index in [-0.39, 0.29) is 30.0 Å². The zero-order valence-corrected chi connectivity index (χ0v) is 30.9. The third-order valence-corrected chi connectivity index (χ3v) is 14.0. The van der Waals surface area contributed by atoms with Gasteiger partial charge in [0.25, 0.3) is 8.32 Å². The second-order valence-electron chi connectivity index (χ2n) is 13.6. The van der Waals surface area contributed by atoms with Gasteiger partial charge in [-0.25, -0.2) is 4.79 Å². The third-order valence-electron chi connectivity index (χ3n) is 8.97. The molecule has 6 heteroatoms. The van der Waals surface area contributed by atoms with E-state index in [1.165, 1.54) is 94.2 Å². The van der Waals surface area contributed by atoms with E-state index in [0.717, 1.165) is 19.3 Å². The average Bonchev–Trinajstić information content (AvgIpc) is 3.06. The van der Waals surface area contributed by atoms with Crippen LogP contribution in [0, 0.1) is 0 Å². The smallest absolute Gasteiger partial charge is 0.330 e. The zero-order chi connectivity index (χ0) is 33.5. The lowest BCUT2D eigenvalue weighted by Gasteiger charge is -2.46. The van der Waals surface area contributed by atoms with Crippen molar-refractivity contribution in [2.24, 2.45) is 0 Å². The number of rotatable bonds is 25. The molecule has 0 aliphatic heterocycles. The first-order valence-electron chi connectivity index (χ1n) is 17.9. The van der Waals surface area contributed by atoms with Crippen LogP contribution in [0.4, 0.5) is 0 Å². The average molecular weight is 653 g/mol. The first kappa shape index (κ1) is 39.9. The maximum Gasteiger partial charge on any atom is 0.330 e. The highest BCUT2D eigenvalue weighted by Crippen LogP contribution is 2.39. The summed E-state index contributed by atoms with van der Waals surface area (Å²) in [5, 5.41) is 2.40. The Bertz CT molecular complexity index is 1030. The Morgan fingerprint density at radius 1 is 0.717 bits per heavy atom. The minimum absolute atomic E-state index is 0.129. The molecule has 0 unspecified atom stereocenters. The molecule has 2 rings (SSSR count). The van der Waals surface area contributed by atoms with Crippen molar-refractivity contribution in [3.05, 3.63) is 72.8 Å². The molecule has 0 N–H and O–H groups in total. The van der Waals surface area contributed by atoms with Crippen molar-refractivity contribution in [2.75, 3.05) is 21.0 Å². The molecule has 258 valence electrons. The molecular formula is C40H64O5Si. The van der Waals surface area contributed by atoms with Gasteiger partial charge in [0.05, 0.1) is 19.3 Å². The van der Waals surface area contributed by atoms with E-state index in [2.05, 4.69) is 88.4 Å². The Balaban J connectivity index is 2.27. The SMILES string of the molecule is CCCCCCCCCCCCCC[C@@H](O[Si](c1ccccc1)(c1ccccc1)C(C)(C)C)[C@@H](CC/C=C/C(=O)OC)OCOC. The minimum atomic E-state index is -2.80. The lowest BCUT2D eigenvalue weighted by Crippen LogP contribution is -2.68. The molecule has 0 aromatic heterocycles. The largest absolute Gasteiger partial charge is 0.466 e.